The minimum atomic E-state index is -4.03. The van der Waals surface area contributed by atoms with Crippen molar-refractivity contribution in [3.8, 4) is 5.75 Å². The van der Waals surface area contributed by atoms with Gasteiger partial charge in [0.05, 0.1) is 28.8 Å². The molecular formula is C25H27ClN2O4S. The summed E-state index contributed by atoms with van der Waals surface area (Å²) in [7, 11) is -2.55. The van der Waals surface area contributed by atoms with Crippen LogP contribution in [-0.2, 0) is 14.8 Å². The van der Waals surface area contributed by atoms with Gasteiger partial charge in [0.15, 0.2) is 0 Å². The fourth-order valence-corrected chi connectivity index (χ4v) is 5.07. The Morgan fingerprint density at radius 2 is 1.73 bits per heavy atom. The molecule has 0 aliphatic rings. The van der Waals surface area contributed by atoms with Gasteiger partial charge >= 0.3 is 0 Å². The highest BCUT2D eigenvalue weighted by molar-refractivity contribution is 7.92. The Labute approximate surface area is 200 Å². The van der Waals surface area contributed by atoms with Crippen LogP contribution in [-0.4, -0.2) is 28.0 Å². The molecule has 0 aromatic heterocycles. The van der Waals surface area contributed by atoms with Crippen LogP contribution in [0.5, 0.6) is 5.75 Å². The Morgan fingerprint density at radius 1 is 1.03 bits per heavy atom. The number of methoxy groups -OCH3 is 1. The smallest absolute Gasteiger partial charge is 0.264 e. The molecule has 1 N–H and O–H groups in total. The van der Waals surface area contributed by atoms with E-state index in [0.29, 0.717) is 5.75 Å². The highest BCUT2D eigenvalue weighted by atomic mass is 35.5. The molecule has 6 nitrogen and oxygen atoms in total. The zero-order chi connectivity index (χ0) is 24.2. The number of anilines is 1. The van der Waals surface area contributed by atoms with Crippen molar-refractivity contribution in [2.24, 2.45) is 0 Å². The fourth-order valence-electron chi connectivity index (χ4n) is 3.38. The van der Waals surface area contributed by atoms with Gasteiger partial charge in [-0.2, -0.15) is 0 Å². The van der Waals surface area contributed by atoms with Gasteiger partial charge in [0, 0.05) is 0 Å². The summed E-state index contributed by atoms with van der Waals surface area (Å²) in [5.41, 5.74) is 3.48. The number of rotatable bonds is 8. The van der Waals surface area contributed by atoms with Crippen molar-refractivity contribution in [2.45, 2.75) is 31.7 Å². The van der Waals surface area contributed by atoms with Crippen LogP contribution in [0.15, 0.2) is 71.6 Å². The van der Waals surface area contributed by atoms with Crippen molar-refractivity contribution in [3.63, 3.8) is 0 Å². The van der Waals surface area contributed by atoms with E-state index < -0.39 is 22.5 Å². The number of benzene rings is 3. The maximum absolute atomic E-state index is 13.4. The summed E-state index contributed by atoms with van der Waals surface area (Å²) in [5.74, 6) is -0.0301. The third-order valence-electron chi connectivity index (χ3n) is 5.45. The van der Waals surface area contributed by atoms with Crippen LogP contribution >= 0.6 is 11.6 Å². The van der Waals surface area contributed by atoms with Gasteiger partial charge in [-0.25, -0.2) is 8.42 Å². The second-order valence-corrected chi connectivity index (χ2v) is 10.0. The van der Waals surface area contributed by atoms with E-state index in [-0.39, 0.29) is 21.6 Å². The van der Waals surface area contributed by atoms with Gasteiger partial charge in [-0.3, -0.25) is 9.10 Å². The number of ether oxygens (including phenoxy) is 1. The normalized spacial score (nSPS) is 12.2. The molecule has 174 valence electrons. The lowest BCUT2D eigenvalue weighted by Gasteiger charge is -2.25. The number of hydrogen-bond acceptors (Lipinski definition) is 4. The Kier molecular flexibility index (Phi) is 7.66. The third-order valence-corrected chi connectivity index (χ3v) is 7.53. The highest BCUT2D eigenvalue weighted by Gasteiger charge is 2.28. The zero-order valence-electron chi connectivity index (χ0n) is 19.0. The van der Waals surface area contributed by atoms with Gasteiger partial charge in [-0.05, 0) is 67.8 Å². The number of nitrogens with one attached hydrogen (secondary N) is 1. The van der Waals surface area contributed by atoms with E-state index in [1.165, 1.54) is 25.3 Å². The summed E-state index contributed by atoms with van der Waals surface area (Å²) in [5, 5.41) is 3.14. The predicted octanol–water partition coefficient (Wildman–Crippen LogP) is 5.04. The quantitative estimate of drug-likeness (QED) is 0.484. The van der Waals surface area contributed by atoms with Crippen molar-refractivity contribution in [3.05, 3.63) is 88.4 Å². The van der Waals surface area contributed by atoms with E-state index in [1.807, 2.05) is 39.0 Å². The first-order chi connectivity index (χ1) is 15.6. The van der Waals surface area contributed by atoms with Crippen LogP contribution in [0.2, 0.25) is 5.02 Å². The Bertz CT molecular complexity index is 1250. The number of amides is 1. The molecule has 0 bridgehead atoms. The maximum atomic E-state index is 13.4. The summed E-state index contributed by atoms with van der Waals surface area (Å²) in [6.07, 6.45) is 0. The standard InChI is InChI=1S/C25H27ClN2O4S/c1-17-10-11-20(14-18(17)2)19(3)27-25(29)16-28(21-12-13-24(32-4)23(26)15-21)33(30,31)22-8-6-5-7-9-22/h5-15,19H,16H2,1-4H3,(H,27,29). The van der Waals surface area contributed by atoms with E-state index in [4.69, 9.17) is 16.3 Å². The summed E-state index contributed by atoms with van der Waals surface area (Å²) < 4.78 is 33.1. The summed E-state index contributed by atoms with van der Waals surface area (Å²) in [4.78, 5) is 13.0. The molecule has 1 atom stereocenters. The van der Waals surface area contributed by atoms with Crippen LogP contribution in [0.3, 0.4) is 0 Å². The SMILES string of the molecule is COc1ccc(N(CC(=O)NC(C)c2ccc(C)c(C)c2)S(=O)(=O)c2ccccc2)cc1Cl. The Balaban J connectivity index is 1.91. The van der Waals surface area contributed by atoms with Gasteiger partial charge in [0.2, 0.25) is 5.91 Å². The van der Waals surface area contributed by atoms with E-state index in [2.05, 4.69) is 5.32 Å². The third kappa shape index (κ3) is 5.67. The van der Waals surface area contributed by atoms with Crippen molar-refractivity contribution < 1.29 is 17.9 Å². The first-order valence-corrected chi connectivity index (χ1v) is 12.2. The monoisotopic (exact) mass is 486 g/mol. The van der Waals surface area contributed by atoms with Gasteiger partial charge in [0.25, 0.3) is 10.0 Å². The lowest BCUT2D eigenvalue weighted by Crippen LogP contribution is -2.41. The molecule has 33 heavy (non-hydrogen) atoms. The first-order valence-electron chi connectivity index (χ1n) is 10.4. The van der Waals surface area contributed by atoms with Crippen LogP contribution in [0.1, 0.15) is 29.7 Å². The molecule has 0 saturated heterocycles. The van der Waals surface area contributed by atoms with Crippen molar-refractivity contribution >= 4 is 33.2 Å². The molecule has 1 amide bonds. The van der Waals surface area contributed by atoms with Gasteiger partial charge < -0.3 is 10.1 Å². The Morgan fingerprint density at radius 3 is 2.33 bits per heavy atom. The second-order valence-electron chi connectivity index (χ2n) is 7.78. The molecule has 3 aromatic rings. The summed E-state index contributed by atoms with van der Waals surface area (Å²) in [6, 6.07) is 18.3. The number of hydrogen-bond donors (Lipinski definition) is 1. The molecule has 0 fully saturated rings. The van der Waals surface area contributed by atoms with Crippen LogP contribution < -0.4 is 14.4 Å². The van der Waals surface area contributed by atoms with E-state index in [9.17, 15) is 13.2 Å². The largest absolute Gasteiger partial charge is 0.495 e. The van der Waals surface area contributed by atoms with Gasteiger partial charge in [0.1, 0.15) is 12.3 Å². The molecule has 0 spiro atoms. The number of carbonyl (C=O) groups excluding carboxylic acids is 1. The lowest BCUT2D eigenvalue weighted by atomic mass is 10.0. The number of carbonyl (C=O) groups is 1. The van der Waals surface area contributed by atoms with E-state index in [0.717, 1.165) is 21.0 Å². The van der Waals surface area contributed by atoms with Crippen LogP contribution in [0.25, 0.3) is 0 Å². The van der Waals surface area contributed by atoms with Crippen LogP contribution in [0, 0.1) is 13.8 Å². The minimum Gasteiger partial charge on any atom is -0.495 e. The maximum Gasteiger partial charge on any atom is 0.264 e. The molecule has 0 heterocycles. The molecule has 0 aliphatic heterocycles. The van der Waals surface area contributed by atoms with Crippen molar-refractivity contribution in [1.29, 1.82) is 0 Å². The number of nitrogens with zero attached hydrogens (tertiary/aromatic N) is 1. The number of aryl methyl sites for hydroxylation is 2. The topological polar surface area (TPSA) is 75.7 Å². The molecule has 0 saturated carbocycles. The van der Waals surface area contributed by atoms with Crippen LogP contribution in [0.4, 0.5) is 5.69 Å². The fraction of sp³-hybridized carbons (Fsp3) is 0.240. The van der Waals surface area contributed by atoms with Gasteiger partial charge in [-0.15, -0.1) is 0 Å². The van der Waals surface area contributed by atoms with Crippen molar-refractivity contribution in [2.75, 3.05) is 18.0 Å². The van der Waals surface area contributed by atoms with Gasteiger partial charge in [-0.1, -0.05) is 48.0 Å². The molecular weight excluding hydrogens is 460 g/mol. The second kappa shape index (κ2) is 10.3. The van der Waals surface area contributed by atoms with E-state index in [1.54, 1.807) is 30.3 Å². The minimum absolute atomic E-state index is 0.0759. The molecule has 3 aromatic carbocycles. The lowest BCUT2D eigenvalue weighted by molar-refractivity contribution is -0.120. The molecule has 0 aliphatic carbocycles. The molecule has 8 heteroatoms. The van der Waals surface area contributed by atoms with E-state index >= 15 is 0 Å². The molecule has 0 radical (unpaired) electrons. The average Bonchev–Trinajstić information content (AvgIpc) is 2.79. The zero-order valence-corrected chi connectivity index (χ0v) is 20.6. The Hall–Kier alpha value is -3.03. The summed E-state index contributed by atoms with van der Waals surface area (Å²) >= 11 is 6.25. The predicted molar refractivity (Wildman–Crippen MR) is 131 cm³/mol. The molecule has 1 unspecified atom stereocenters. The summed E-state index contributed by atoms with van der Waals surface area (Å²) in [6.45, 7) is 5.49. The molecule has 3 rings (SSSR count). The number of halogens is 1. The number of sulfonamides is 1. The first kappa shape index (κ1) is 24.6. The highest BCUT2D eigenvalue weighted by Crippen LogP contribution is 2.32. The van der Waals surface area contributed by atoms with Crippen molar-refractivity contribution in [1.82, 2.24) is 5.32 Å². The average molecular weight is 487 g/mol.